The molecule has 9 fully saturated rings. The number of amides is 2. The summed E-state index contributed by atoms with van der Waals surface area (Å²) < 4.78 is 24.8. The van der Waals surface area contributed by atoms with Gasteiger partial charge in [0.1, 0.15) is 12.2 Å². The molecular weight excluding hydrogens is 699 g/mol. The first-order valence-corrected chi connectivity index (χ1v) is 22.2. The lowest BCUT2D eigenvalue weighted by Crippen LogP contribution is -2.70. The number of fused-ring (bicyclic) bond motifs is 4. The monoisotopic (exact) mass is 770 g/mol. The normalized spacial score (nSPS) is 46.8. The molecule has 9 aliphatic rings. The maximum absolute atomic E-state index is 13.2. The second-order valence-electron chi connectivity index (χ2n) is 21.0. The summed E-state index contributed by atoms with van der Waals surface area (Å²) >= 11 is 0. The number of aliphatic hydroxyl groups is 1. The van der Waals surface area contributed by atoms with Gasteiger partial charge in [0.2, 0.25) is 0 Å². The van der Waals surface area contributed by atoms with Crippen LogP contribution in [0.15, 0.2) is 0 Å². The Kier molecular flexibility index (Phi) is 9.65. The summed E-state index contributed by atoms with van der Waals surface area (Å²) in [5.74, 6) is 1.20. The Morgan fingerprint density at radius 2 is 1.67 bits per heavy atom. The number of hydrogen-bond acceptors (Lipinski definition) is 10. The molecule has 0 aromatic heterocycles. The van der Waals surface area contributed by atoms with Crippen LogP contribution in [0.1, 0.15) is 99.3 Å². The van der Waals surface area contributed by atoms with E-state index in [0.29, 0.717) is 18.5 Å². The Hall–Kier alpha value is -1.70. The van der Waals surface area contributed by atoms with Gasteiger partial charge in [-0.2, -0.15) is 0 Å². The van der Waals surface area contributed by atoms with E-state index in [0.717, 1.165) is 117 Å². The maximum Gasteiger partial charge on any atom is 0.410 e. The first-order chi connectivity index (χ1) is 26.2. The number of ether oxygens (including phenoxy) is 4. The van der Waals surface area contributed by atoms with E-state index in [1.165, 1.54) is 0 Å². The van der Waals surface area contributed by atoms with E-state index < -0.39 is 11.6 Å². The van der Waals surface area contributed by atoms with Crippen molar-refractivity contribution in [2.75, 3.05) is 65.6 Å². The van der Waals surface area contributed by atoms with Gasteiger partial charge in [-0.05, 0) is 104 Å². The Balaban J connectivity index is 0.849. The van der Waals surface area contributed by atoms with Crippen molar-refractivity contribution < 1.29 is 33.6 Å². The summed E-state index contributed by atoms with van der Waals surface area (Å²) in [4.78, 5) is 32.9. The molecule has 0 radical (unpaired) electrons. The molecule has 9 rings (SSSR count). The Labute approximate surface area is 329 Å². The number of hydrogen-bond donors (Lipinski definition) is 3. The lowest BCUT2D eigenvalue weighted by Gasteiger charge is -2.63. The summed E-state index contributed by atoms with van der Waals surface area (Å²) in [6.45, 7) is 22.4. The zero-order valence-corrected chi connectivity index (χ0v) is 34.6. The number of carbonyl (C=O) groups is 2. The predicted molar refractivity (Wildman–Crippen MR) is 207 cm³/mol. The van der Waals surface area contributed by atoms with Crippen LogP contribution in [-0.2, 0) is 18.9 Å². The van der Waals surface area contributed by atoms with Gasteiger partial charge in [-0.25, -0.2) is 9.59 Å². The molecule has 0 aromatic carbocycles. The number of piperazine rings is 1. The topological polar surface area (TPSA) is 139 Å². The van der Waals surface area contributed by atoms with Crippen LogP contribution in [0.25, 0.3) is 0 Å². The molecule has 55 heavy (non-hydrogen) atoms. The van der Waals surface area contributed by atoms with E-state index >= 15 is 0 Å². The number of nitrogens with one attached hydrogen (secondary N) is 1. The van der Waals surface area contributed by atoms with Crippen LogP contribution < -0.4 is 11.1 Å². The quantitative estimate of drug-likeness (QED) is 0.324. The minimum atomic E-state index is -0.777. The summed E-state index contributed by atoms with van der Waals surface area (Å²) in [6.07, 6.45) is 6.63. The molecule has 5 saturated carbocycles. The van der Waals surface area contributed by atoms with E-state index in [1.54, 1.807) is 4.90 Å². The van der Waals surface area contributed by atoms with Crippen molar-refractivity contribution in [2.24, 2.45) is 57.0 Å². The van der Waals surface area contributed by atoms with Crippen LogP contribution in [0.3, 0.4) is 0 Å². The van der Waals surface area contributed by atoms with Gasteiger partial charge in [0.25, 0.3) is 0 Å². The van der Waals surface area contributed by atoms with Crippen molar-refractivity contribution in [3.63, 3.8) is 0 Å². The number of nitrogens with two attached hydrogens (primary N) is 1. The maximum atomic E-state index is 13.2. The van der Waals surface area contributed by atoms with Crippen molar-refractivity contribution in [3.05, 3.63) is 0 Å². The molecule has 4 saturated heterocycles. The zero-order chi connectivity index (χ0) is 38.7. The zero-order valence-electron chi connectivity index (χ0n) is 34.6. The third kappa shape index (κ3) is 5.70. The largest absolute Gasteiger partial charge is 0.446 e. The summed E-state index contributed by atoms with van der Waals surface area (Å²) in [5, 5.41) is 15.7. The Bertz CT molecular complexity index is 1480. The second kappa shape index (κ2) is 13.7. The third-order valence-corrected chi connectivity index (χ3v) is 18.1. The summed E-state index contributed by atoms with van der Waals surface area (Å²) in [5.41, 5.74) is 6.98. The molecule has 12 nitrogen and oxygen atoms in total. The Morgan fingerprint density at radius 3 is 2.33 bits per heavy atom. The van der Waals surface area contributed by atoms with Crippen molar-refractivity contribution in [1.29, 1.82) is 0 Å². The van der Waals surface area contributed by atoms with Crippen molar-refractivity contribution >= 4 is 12.2 Å². The van der Waals surface area contributed by atoms with E-state index in [-0.39, 0.29) is 81.9 Å². The standard InChI is InChI=1S/C43H71N5O7/c1-26(2)34(55-38(51)48-15-7-16-48)29-22-27(3)33-35(53-29)36(49)43(44)31-9-8-30-39(4,5)32(10-11-41(30)25-42(31,41)13-12-40(33,43)6)54-37(50)45-14-17-46-18-20-47(21-19-46)28-23-52-24-28/h26-36,49H,7-25,44H2,1-6H3,(H,45,50)/t27-,29?,30+,31?,32+,33+,34-,35?,36+,40-,41?,42?,43+/m1/s1. The summed E-state index contributed by atoms with van der Waals surface area (Å²) in [6, 6.07) is 0.590. The van der Waals surface area contributed by atoms with Gasteiger partial charge in [-0.15, -0.1) is 0 Å². The number of aliphatic hydroxyl groups excluding tert-OH is 1. The van der Waals surface area contributed by atoms with E-state index in [9.17, 15) is 14.7 Å². The van der Waals surface area contributed by atoms with E-state index in [2.05, 4.69) is 56.7 Å². The van der Waals surface area contributed by atoms with Crippen LogP contribution in [0, 0.1) is 51.2 Å². The number of likely N-dealkylation sites (tertiary alicyclic amines) is 1. The van der Waals surface area contributed by atoms with Crippen LogP contribution >= 0.6 is 0 Å². The van der Waals surface area contributed by atoms with Crippen molar-refractivity contribution in [3.8, 4) is 0 Å². The highest BCUT2D eigenvalue weighted by atomic mass is 16.6. The molecule has 5 unspecified atom stereocenters. The highest BCUT2D eigenvalue weighted by molar-refractivity contribution is 5.68. The van der Waals surface area contributed by atoms with Crippen LogP contribution in [0.2, 0.25) is 0 Å². The molecule has 2 spiro atoms. The predicted octanol–water partition coefficient (Wildman–Crippen LogP) is 4.47. The van der Waals surface area contributed by atoms with Gasteiger partial charge in [0.05, 0.1) is 43.1 Å². The first kappa shape index (κ1) is 38.8. The van der Waals surface area contributed by atoms with Crippen LogP contribution in [0.5, 0.6) is 0 Å². The number of carbonyl (C=O) groups excluding carboxylic acids is 2. The van der Waals surface area contributed by atoms with Crippen LogP contribution in [-0.4, -0.2) is 140 Å². The molecule has 5 aliphatic carbocycles. The molecular formula is C43H71N5O7. The highest BCUT2D eigenvalue weighted by Gasteiger charge is 2.85. The van der Waals surface area contributed by atoms with Gasteiger partial charge in [0, 0.05) is 57.8 Å². The van der Waals surface area contributed by atoms with E-state index in [1.807, 2.05) is 0 Å². The fraction of sp³-hybridized carbons (Fsp3) is 0.953. The SMILES string of the molecule is CC(C)[C@@H](OC(=O)N1CCC1)C1C[C@@H](C)[C@H]2C(O1)[C@H](O)[C@@]1(N)C3CC[C@H]4C(C)(C)[C@@H](OC(=O)NCCN5CCN(C6COC6)CC5)CCC45CC35CC[C@]21C. The molecule has 4 heterocycles. The smallest absolute Gasteiger partial charge is 0.410 e. The van der Waals surface area contributed by atoms with Gasteiger partial charge >= 0.3 is 12.2 Å². The number of nitrogens with zero attached hydrogens (tertiary/aromatic N) is 3. The Morgan fingerprint density at radius 1 is 0.964 bits per heavy atom. The lowest BCUT2D eigenvalue weighted by atomic mass is 9.43. The van der Waals surface area contributed by atoms with Gasteiger partial charge in [0.15, 0.2) is 0 Å². The molecule has 0 bridgehead atoms. The molecule has 0 aromatic rings. The minimum absolute atomic E-state index is 0.0969. The lowest BCUT2D eigenvalue weighted by molar-refractivity contribution is -0.180. The third-order valence-electron chi connectivity index (χ3n) is 18.1. The van der Waals surface area contributed by atoms with Gasteiger partial charge in [-0.3, -0.25) is 9.80 Å². The van der Waals surface area contributed by atoms with Crippen molar-refractivity contribution in [1.82, 2.24) is 20.0 Å². The molecule has 4 N–H and O–H groups in total. The first-order valence-electron chi connectivity index (χ1n) is 22.2. The minimum Gasteiger partial charge on any atom is -0.446 e. The van der Waals surface area contributed by atoms with Crippen LogP contribution in [0.4, 0.5) is 9.59 Å². The fourth-order valence-corrected chi connectivity index (χ4v) is 15.0. The average molecular weight is 770 g/mol. The molecule has 13 atom stereocenters. The number of rotatable bonds is 8. The van der Waals surface area contributed by atoms with E-state index in [4.69, 9.17) is 24.7 Å². The second-order valence-corrected chi connectivity index (χ2v) is 21.0. The molecule has 310 valence electrons. The van der Waals surface area contributed by atoms with Gasteiger partial charge in [-0.1, -0.05) is 41.5 Å². The average Bonchev–Trinajstić information content (AvgIpc) is 3.72. The van der Waals surface area contributed by atoms with Gasteiger partial charge < -0.3 is 40.0 Å². The molecule has 2 amide bonds. The molecule has 4 aliphatic heterocycles. The highest BCUT2D eigenvalue weighted by Crippen LogP contribution is 2.87. The molecule has 12 heteroatoms. The summed E-state index contributed by atoms with van der Waals surface area (Å²) in [7, 11) is 0. The fourth-order valence-electron chi connectivity index (χ4n) is 15.0. The number of alkyl carbamates (subject to hydrolysis) is 1. The van der Waals surface area contributed by atoms with Crippen molar-refractivity contribution in [2.45, 2.75) is 141 Å².